The van der Waals surface area contributed by atoms with Gasteiger partial charge in [-0.2, -0.15) is 0 Å². The Balaban J connectivity index is 0.00000256. The number of carbonyl (C=O) groups excluding carboxylic acids is 3. The summed E-state index contributed by atoms with van der Waals surface area (Å²) in [5.74, 6) is -0.802. The molecule has 0 aliphatic carbocycles. The van der Waals surface area contributed by atoms with Crippen LogP contribution in [0.15, 0.2) is 18.2 Å². The van der Waals surface area contributed by atoms with E-state index in [0.717, 1.165) is 50.1 Å². The molecule has 164 valence electrons. The number of nitrogens with one attached hydrogen (secondary N) is 3. The van der Waals surface area contributed by atoms with Crippen LogP contribution in [0.5, 0.6) is 0 Å². The molecule has 3 heterocycles. The molecule has 1 aromatic carbocycles. The number of fused-ring (bicyclic) bond motifs is 1. The Hall–Kier alpha value is -2.16. The van der Waals surface area contributed by atoms with E-state index in [0.29, 0.717) is 31.2 Å². The van der Waals surface area contributed by atoms with E-state index in [4.69, 9.17) is 4.74 Å². The van der Waals surface area contributed by atoms with E-state index in [1.54, 1.807) is 11.0 Å². The molecule has 0 bridgehead atoms. The molecule has 1 aromatic rings. The zero-order valence-electron chi connectivity index (χ0n) is 16.9. The highest BCUT2D eigenvalue weighted by Crippen LogP contribution is 2.32. The second kappa shape index (κ2) is 10.2. The minimum Gasteiger partial charge on any atom is -0.385 e. The summed E-state index contributed by atoms with van der Waals surface area (Å²) in [5, 5.41) is 9.09. The summed E-state index contributed by atoms with van der Waals surface area (Å²) in [4.78, 5) is 38.0. The fraction of sp³-hybridized carbons (Fsp3) is 0.571. The predicted molar refractivity (Wildman–Crippen MR) is 115 cm³/mol. The smallest absolute Gasteiger partial charge is 0.255 e. The first-order valence-electron chi connectivity index (χ1n) is 10.5. The van der Waals surface area contributed by atoms with Crippen molar-refractivity contribution in [2.24, 2.45) is 0 Å². The standard InChI is InChI=1S/C21H28N4O4.ClH/c26-19-6-5-18(20(27)24-19)25-13-16-15(21(25)28)3-1-4-17(16)23-9-2-12-29-14-7-10-22-11-8-14;/h1,3-4,14,18,22-23H,2,5-13H2,(H,24,26,27);1H. The first-order valence-corrected chi connectivity index (χ1v) is 10.5. The van der Waals surface area contributed by atoms with Crippen LogP contribution in [-0.4, -0.2) is 61.0 Å². The number of rotatable bonds is 7. The largest absolute Gasteiger partial charge is 0.385 e. The number of anilines is 1. The van der Waals surface area contributed by atoms with Crippen LogP contribution in [0.4, 0.5) is 5.69 Å². The maximum absolute atomic E-state index is 12.8. The van der Waals surface area contributed by atoms with Gasteiger partial charge in [-0.25, -0.2) is 0 Å². The maximum atomic E-state index is 12.8. The molecule has 2 fully saturated rings. The molecule has 3 amide bonds. The van der Waals surface area contributed by atoms with Crippen LogP contribution in [0.2, 0.25) is 0 Å². The second-order valence-electron chi connectivity index (χ2n) is 7.83. The topological polar surface area (TPSA) is 99.8 Å². The lowest BCUT2D eigenvalue weighted by atomic mass is 10.0. The lowest BCUT2D eigenvalue weighted by Gasteiger charge is -2.29. The maximum Gasteiger partial charge on any atom is 0.255 e. The van der Waals surface area contributed by atoms with E-state index in [-0.39, 0.29) is 36.5 Å². The van der Waals surface area contributed by atoms with Gasteiger partial charge in [0.25, 0.3) is 5.91 Å². The third-order valence-corrected chi connectivity index (χ3v) is 5.86. The van der Waals surface area contributed by atoms with Gasteiger partial charge < -0.3 is 20.3 Å². The number of imide groups is 1. The van der Waals surface area contributed by atoms with Crippen LogP contribution in [0.25, 0.3) is 0 Å². The van der Waals surface area contributed by atoms with Crippen molar-refractivity contribution in [1.29, 1.82) is 0 Å². The van der Waals surface area contributed by atoms with Crippen molar-refractivity contribution in [2.75, 3.05) is 31.6 Å². The quantitative estimate of drug-likeness (QED) is 0.442. The summed E-state index contributed by atoms with van der Waals surface area (Å²) < 4.78 is 5.93. The Kier molecular flexibility index (Phi) is 7.69. The number of ether oxygens (including phenoxy) is 1. The molecule has 0 aromatic heterocycles. The number of amides is 3. The number of hydrogen-bond acceptors (Lipinski definition) is 6. The van der Waals surface area contributed by atoms with Gasteiger partial charge in [-0.15, -0.1) is 12.4 Å². The van der Waals surface area contributed by atoms with Gasteiger partial charge >= 0.3 is 0 Å². The summed E-state index contributed by atoms with van der Waals surface area (Å²) in [6.45, 7) is 3.91. The molecule has 4 rings (SSSR count). The van der Waals surface area contributed by atoms with Crippen LogP contribution < -0.4 is 16.0 Å². The van der Waals surface area contributed by atoms with Crippen LogP contribution in [0.3, 0.4) is 0 Å². The van der Waals surface area contributed by atoms with Crippen molar-refractivity contribution in [1.82, 2.24) is 15.5 Å². The Morgan fingerprint density at radius 1 is 1.13 bits per heavy atom. The van der Waals surface area contributed by atoms with E-state index in [2.05, 4.69) is 16.0 Å². The summed E-state index contributed by atoms with van der Waals surface area (Å²) >= 11 is 0. The number of carbonyl (C=O) groups is 3. The Bertz CT molecular complexity index is 797. The Morgan fingerprint density at radius 2 is 1.93 bits per heavy atom. The fourth-order valence-corrected chi connectivity index (χ4v) is 4.26. The van der Waals surface area contributed by atoms with E-state index in [9.17, 15) is 14.4 Å². The highest BCUT2D eigenvalue weighted by atomic mass is 35.5. The van der Waals surface area contributed by atoms with Crippen molar-refractivity contribution < 1.29 is 19.1 Å². The van der Waals surface area contributed by atoms with Gasteiger partial charge in [0.2, 0.25) is 11.8 Å². The molecule has 0 saturated carbocycles. The average molecular weight is 437 g/mol. The molecule has 0 spiro atoms. The summed E-state index contributed by atoms with van der Waals surface area (Å²) in [5.41, 5.74) is 2.47. The normalized spacial score (nSPS) is 21.8. The molecule has 3 N–H and O–H groups in total. The van der Waals surface area contributed by atoms with Crippen LogP contribution in [0, 0.1) is 0 Å². The second-order valence-corrected chi connectivity index (χ2v) is 7.83. The number of hydrogen-bond donors (Lipinski definition) is 3. The van der Waals surface area contributed by atoms with Crippen LogP contribution in [-0.2, 0) is 20.9 Å². The number of nitrogens with zero attached hydrogens (tertiary/aromatic N) is 1. The van der Waals surface area contributed by atoms with Gasteiger partial charge in [0, 0.05) is 42.9 Å². The molecule has 3 aliphatic rings. The minimum atomic E-state index is -0.584. The summed E-state index contributed by atoms with van der Waals surface area (Å²) in [7, 11) is 0. The van der Waals surface area contributed by atoms with E-state index < -0.39 is 6.04 Å². The fourth-order valence-electron chi connectivity index (χ4n) is 4.26. The van der Waals surface area contributed by atoms with Crippen molar-refractivity contribution in [2.45, 2.75) is 50.8 Å². The van der Waals surface area contributed by atoms with Gasteiger partial charge in [0.1, 0.15) is 6.04 Å². The third kappa shape index (κ3) is 4.94. The van der Waals surface area contributed by atoms with Gasteiger partial charge in [0.05, 0.1) is 6.10 Å². The Morgan fingerprint density at radius 3 is 2.70 bits per heavy atom. The molecule has 9 heteroatoms. The van der Waals surface area contributed by atoms with Gasteiger partial charge in [-0.05, 0) is 50.9 Å². The first kappa shape index (κ1) is 22.5. The molecule has 0 radical (unpaired) electrons. The average Bonchev–Trinajstić information content (AvgIpc) is 3.06. The van der Waals surface area contributed by atoms with E-state index in [1.807, 2.05) is 12.1 Å². The van der Waals surface area contributed by atoms with E-state index in [1.165, 1.54) is 0 Å². The molecule has 3 aliphatic heterocycles. The van der Waals surface area contributed by atoms with Crippen LogP contribution >= 0.6 is 12.4 Å². The molecule has 2 saturated heterocycles. The summed E-state index contributed by atoms with van der Waals surface area (Å²) in [6, 6.07) is 5.04. The predicted octanol–water partition coefficient (Wildman–Crippen LogP) is 1.44. The third-order valence-electron chi connectivity index (χ3n) is 5.86. The minimum absolute atomic E-state index is 0. The molecular weight excluding hydrogens is 408 g/mol. The molecule has 30 heavy (non-hydrogen) atoms. The van der Waals surface area contributed by atoms with E-state index >= 15 is 0 Å². The van der Waals surface area contributed by atoms with Gasteiger partial charge in [-0.1, -0.05) is 6.07 Å². The molecular formula is C21H29ClN4O4. The molecule has 1 atom stereocenters. The van der Waals surface area contributed by atoms with Crippen molar-refractivity contribution in [3.63, 3.8) is 0 Å². The zero-order valence-corrected chi connectivity index (χ0v) is 17.8. The number of piperidine rings is 2. The highest BCUT2D eigenvalue weighted by molar-refractivity contribution is 6.06. The SMILES string of the molecule is Cl.O=C1CCC(N2Cc3c(NCCCOC4CCNCC4)cccc3C2=O)C(=O)N1. The highest BCUT2D eigenvalue weighted by Gasteiger charge is 2.39. The van der Waals surface area contributed by atoms with Crippen LogP contribution in [0.1, 0.15) is 48.0 Å². The zero-order chi connectivity index (χ0) is 20.2. The Labute approximate surface area is 182 Å². The monoisotopic (exact) mass is 436 g/mol. The van der Waals surface area contributed by atoms with Gasteiger partial charge in [-0.3, -0.25) is 19.7 Å². The van der Waals surface area contributed by atoms with Crippen molar-refractivity contribution >= 4 is 35.8 Å². The number of halogens is 1. The van der Waals surface area contributed by atoms with Gasteiger partial charge in [0.15, 0.2) is 0 Å². The van der Waals surface area contributed by atoms with Crippen molar-refractivity contribution in [3.8, 4) is 0 Å². The summed E-state index contributed by atoms with van der Waals surface area (Å²) in [6.07, 6.45) is 4.02. The van der Waals surface area contributed by atoms with Crippen molar-refractivity contribution in [3.05, 3.63) is 29.3 Å². The first-order chi connectivity index (χ1) is 14.1. The molecule has 8 nitrogen and oxygen atoms in total. The number of benzene rings is 1. The molecule has 1 unspecified atom stereocenters. The lowest BCUT2D eigenvalue weighted by molar-refractivity contribution is -0.136. The lowest BCUT2D eigenvalue weighted by Crippen LogP contribution is -2.52.